The highest BCUT2D eigenvalue weighted by atomic mass is 32.2. The highest BCUT2D eigenvalue weighted by Gasteiger charge is 2.11. The zero-order chi connectivity index (χ0) is 19.9. The van der Waals surface area contributed by atoms with Gasteiger partial charge in [-0.1, -0.05) is 30.3 Å². The molecule has 4 aromatic rings. The van der Waals surface area contributed by atoms with Crippen molar-refractivity contribution in [2.45, 2.75) is 30.0 Å². The molecule has 3 heterocycles. The molecule has 0 unspecified atom stereocenters. The molecule has 0 atom stereocenters. The minimum absolute atomic E-state index is 0.218. The van der Waals surface area contributed by atoms with E-state index in [1.165, 1.54) is 23.7 Å². The summed E-state index contributed by atoms with van der Waals surface area (Å²) < 4.78 is 7.43. The maximum Gasteiger partial charge on any atom is 0.286 e. The molecule has 146 valence electrons. The Morgan fingerprint density at radius 3 is 2.59 bits per heavy atom. The summed E-state index contributed by atoms with van der Waals surface area (Å²) in [6.45, 7) is 0.731. The molecule has 6 nitrogen and oxygen atoms in total. The molecule has 3 aromatic heterocycles. The second-order valence-corrected chi connectivity index (χ2v) is 7.56. The number of aryl methyl sites for hydroxylation is 2. The van der Waals surface area contributed by atoms with Crippen LogP contribution in [0.2, 0.25) is 0 Å². The molecule has 0 amide bonds. The summed E-state index contributed by atoms with van der Waals surface area (Å²) in [5.41, 5.74) is 1.94. The topological polar surface area (TPSA) is 73.8 Å². The fourth-order valence-corrected chi connectivity index (χ4v) is 3.82. The van der Waals surface area contributed by atoms with Crippen LogP contribution in [0.1, 0.15) is 22.7 Å². The van der Waals surface area contributed by atoms with E-state index in [4.69, 9.17) is 4.42 Å². The molecule has 0 aliphatic rings. The van der Waals surface area contributed by atoms with E-state index >= 15 is 0 Å². The van der Waals surface area contributed by atoms with Gasteiger partial charge in [0.05, 0.1) is 16.9 Å². The second kappa shape index (κ2) is 9.34. The highest BCUT2D eigenvalue weighted by molar-refractivity contribution is 7.98. The van der Waals surface area contributed by atoms with Crippen molar-refractivity contribution in [3.05, 3.63) is 107 Å². The van der Waals surface area contributed by atoms with Gasteiger partial charge in [-0.2, -0.15) is 4.98 Å². The summed E-state index contributed by atoms with van der Waals surface area (Å²) >= 11 is 1.44. The molecule has 0 saturated heterocycles. The number of nitrogens with zero attached hydrogens (tertiary/aromatic N) is 4. The zero-order valence-electron chi connectivity index (χ0n) is 15.8. The summed E-state index contributed by atoms with van der Waals surface area (Å²) in [6.07, 6.45) is 9.90. The van der Waals surface area contributed by atoms with Crippen LogP contribution in [0.25, 0.3) is 0 Å². The third-order valence-corrected chi connectivity index (χ3v) is 5.48. The van der Waals surface area contributed by atoms with Gasteiger partial charge in [-0.05, 0) is 29.7 Å². The molecule has 0 aliphatic heterocycles. The first-order valence-corrected chi connectivity index (χ1v) is 10.3. The number of hydrogen-bond acceptors (Lipinski definition) is 6. The molecule has 0 radical (unpaired) electrons. The monoisotopic (exact) mass is 404 g/mol. The Morgan fingerprint density at radius 1 is 1.00 bits per heavy atom. The number of hydrogen-bond donors (Lipinski definition) is 0. The van der Waals surface area contributed by atoms with E-state index in [1.54, 1.807) is 18.7 Å². The summed E-state index contributed by atoms with van der Waals surface area (Å²) in [5.74, 6) is 2.13. The van der Waals surface area contributed by atoms with E-state index in [-0.39, 0.29) is 5.56 Å². The first-order valence-electron chi connectivity index (χ1n) is 9.31. The highest BCUT2D eigenvalue weighted by Crippen LogP contribution is 2.20. The lowest BCUT2D eigenvalue weighted by Crippen LogP contribution is -2.20. The molecular formula is C22H20N4O2S. The number of thioether (sulfide) groups is 1. The van der Waals surface area contributed by atoms with Gasteiger partial charge in [-0.15, -0.1) is 11.8 Å². The minimum atomic E-state index is -0.218. The van der Waals surface area contributed by atoms with Crippen LogP contribution >= 0.6 is 11.8 Å². The Bertz CT molecular complexity index is 1100. The van der Waals surface area contributed by atoms with Crippen molar-refractivity contribution in [3.8, 4) is 0 Å². The van der Waals surface area contributed by atoms with Gasteiger partial charge in [0, 0.05) is 31.6 Å². The molecule has 0 spiro atoms. The van der Waals surface area contributed by atoms with Crippen LogP contribution in [-0.4, -0.2) is 19.5 Å². The molecule has 7 heteroatoms. The first-order chi connectivity index (χ1) is 14.3. The lowest BCUT2D eigenvalue weighted by molar-refractivity contribution is 0.530. The summed E-state index contributed by atoms with van der Waals surface area (Å²) in [5, 5.41) is 0. The van der Waals surface area contributed by atoms with Crippen molar-refractivity contribution in [3.63, 3.8) is 0 Å². The van der Waals surface area contributed by atoms with E-state index < -0.39 is 0 Å². The lowest BCUT2D eigenvalue weighted by Gasteiger charge is -2.14. The van der Waals surface area contributed by atoms with Crippen molar-refractivity contribution in [1.82, 2.24) is 19.5 Å². The molecule has 29 heavy (non-hydrogen) atoms. The number of aromatic nitrogens is 4. The maximum absolute atomic E-state index is 12.6. The predicted molar refractivity (Wildman–Crippen MR) is 112 cm³/mol. The van der Waals surface area contributed by atoms with E-state index in [1.807, 2.05) is 36.5 Å². The molecular weight excluding hydrogens is 384 g/mol. The molecule has 0 saturated carbocycles. The molecule has 1 aromatic carbocycles. The van der Waals surface area contributed by atoms with Gasteiger partial charge in [0.15, 0.2) is 0 Å². The van der Waals surface area contributed by atoms with Gasteiger partial charge >= 0.3 is 0 Å². The molecule has 0 bridgehead atoms. The first kappa shape index (κ1) is 19.1. The maximum atomic E-state index is 12.6. The third kappa shape index (κ3) is 5.20. The summed E-state index contributed by atoms with van der Waals surface area (Å²) in [4.78, 5) is 25.7. The smallest absolute Gasteiger partial charge is 0.286 e. The standard InChI is InChI=1S/C22H20N4O2S/c27-22-20(29-15-19-7-4-10-28-19)14-26(9-8-17-5-2-1-3-6-17)21(25-22)11-18-12-23-16-24-13-18/h1-7,10,12-14,16H,8-9,11,15H2. The van der Waals surface area contributed by atoms with E-state index in [0.29, 0.717) is 22.9 Å². The van der Waals surface area contributed by atoms with Gasteiger partial charge in [-0.25, -0.2) is 9.97 Å². The Labute approximate surface area is 172 Å². The van der Waals surface area contributed by atoms with Crippen molar-refractivity contribution in [2.24, 2.45) is 0 Å². The third-order valence-electron chi connectivity index (χ3n) is 4.46. The van der Waals surface area contributed by atoms with E-state index in [2.05, 4.69) is 31.7 Å². The fourth-order valence-electron chi connectivity index (χ4n) is 2.98. The van der Waals surface area contributed by atoms with Crippen molar-refractivity contribution in [2.75, 3.05) is 0 Å². The van der Waals surface area contributed by atoms with E-state index in [9.17, 15) is 4.79 Å². The van der Waals surface area contributed by atoms with Crippen LogP contribution < -0.4 is 5.56 Å². The molecule has 0 aliphatic carbocycles. The Hall–Kier alpha value is -3.19. The fraction of sp³-hybridized carbons (Fsp3) is 0.182. The number of benzene rings is 1. The van der Waals surface area contributed by atoms with Crippen molar-refractivity contribution < 1.29 is 4.42 Å². The molecule has 4 rings (SSSR count). The summed E-state index contributed by atoms with van der Waals surface area (Å²) in [6, 6.07) is 14.0. The van der Waals surface area contributed by atoms with E-state index in [0.717, 1.165) is 24.3 Å². The van der Waals surface area contributed by atoms with Crippen LogP contribution in [0.15, 0.2) is 87.8 Å². The van der Waals surface area contributed by atoms with Crippen molar-refractivity contribution >= 4 is 11.8 Å². The molecule has 0 fully saturated rings. The minimum Gasteiger partial charge on any atom is -0.468 e. The average molecular weight is 404 g/mol. The molecule has 0 N–H and O–H groups in total. The van der Waals surface area contributed by atoms with Gasteiger partial charge in [0.2, 0.25) is 0 Å². The van der Waals surface area contributed by atoms with Crippen LogP contribution in [-0.2, 0) is 25.1 Å². The predicted octanol–water partition coefficient (Wildman–Crippen LogP) is 3.75. The normalized spacial score (nSPS) is 10.9. The number of furan rings is 1. The van der Waals surface area contributed by atoms with Gasteiger partial charge < -0.3 is 8.98 Å². The largest absolute Gasteiger partial charge is 0.468 e. The van der Waals surface area contributed by atoms with Gasteiger partial charge in [0.25, 0.3) is 5.56 Å². The zero-order valence-corrected chi connectivity index (χ0v) is 16.6. The SMILES string of the molecule is O=c1nc(Cc2cncnc2)n(CCc2ccccc2)cc1SCc1ccco1. The Morgan fingerprint density at radius 2 is 1.83 bits per heavy atom. The number of rotatable bonds is 8. The van der Waals surface area contributed by atoms with Crippen molar-refractivity contribution in [1.29, 1.82) is 0 Å². The second-order valence-electron chi connectivity index (χ2n) is 6.55. The van der Waals surface area contributed by atoms with Gasteiger partial charge in [-0.3, -0.25) is 4.79 Å². The van der Waals surface area contributed by atoms with Gasteiger partial charge in [0.1, 0.15) is 17.9 Å². The average Bonchev–Trinajstić information content (AvgIpc) is 3.27. The Balaban J connectivity index is 1.59. The van der Waals surface area contributed by atoms with Crippen LogP contribution in [0.5, 0.6) is 0 Å². The quantitative estimate of drug-likeness (QED) is 0.417. The summed E-state index contributed by atoms with van der Waals surface area (Å²) in [7, 11) is 0. The Kier molecular flexibility index (Phi) is 6.16. The van der Waals surface area contributed by atoms with Crippen LogP contribution in [0.3, 0.4) is 0 Å². The van der Waals surface area contributed by atoms with Crippen LogP contribution in [0.4, 0.5) is 0 Å². The lowest BCUT2D eigenvalue weighted by atomic mass is 10.1. The van der Waals surface area contributed by atoms with Crippen LogP contribution in [0, 0.1) is 0 Å².